The third-order valence-corrected chi connectivity index (χ3v) is 4.63. The predicted molar refractivity (Wildman–Crippen MR) is 64.7 cm³/mol. The average Bonchev–Trinajstić information content (AvgIpc) is 2.68. The topological polar surface area (TPSA) is 44.5 Å². The second-order valence-corrected chi connectivity index (χ2v) is 5.40. The van der Waals surface area contributed by atoms with E-state index in [1.807, 2.05) is 13.0 Å². The van der Waals surface area contributed by atoms with Crippen molar-refractivity contribution in [2.24, 2.45) is 5.73 Å². The number of fused-ring (bicyclic) bond motifs is 1. The minimum atomic E-state index is -0.176. The van der Waals surface area contributed by atoms with Gasteiger partial charge in [-0.3, -0.25) is 0 Å². The monoisotopic (exact) mass is 283 g/mol. The van der Waals surface area contributed by atoms with Gasteiger partial charge in [0.05, 0.1) is 0 Å². The van der Waals surface area contributed by atoms with Gasteiger partial charge < -0.3 is 15.2 Å². The third-order valence-electron chi connectivity index (χ3n) is 3.61. The molecule has 2 aliphatic rings. The van der Waals surface area contributed by atoms with E-state index in [1.54, 1.807) is 0 Å². The first-order valence-electron chi connectivity index (χ1n) is 5.50. The molecule has 0 bridgehead atoms. The molecule has 0 spiro atoms. The van der Waals surface area contributed by atoms with Crippen LogP contribution in [0, 0.1) is 6.92 Å². The van der Waals surface area contributed by atoms with Crippen LogP contribution in [0.1, 0.15) is 30.4 Å². The minimum absolute atomic E-state index is 0.176. The highest BCUT2D eigenvalue weighted by Gasteiger charge is 2.38. The maximum Gasteiger partial charge on any atom is 0.231 e. The van der Waals surface area contributed by atoms with Gasteiger partial charge in [-0.2, -0.15) is 0 Å². The van der Waals surface area contributed by atoms with E-state index in [1.165, 1.54) is 6.42 Å². The van der Waals surface area contributed by atoms with Crippen molar-refractivity contribution in [1.29, 1.82) is 0 Å². The maximum atomic E-state index is 6.36. The van der Waals surface area contributed by atoms with E-state index in [4.69, 9.17) is 15.2 Å². The van der Waals surface area contributed by atoms with E-state index in [2.05, 4.69) is 15.9 Å². The van der Waals surface area contributed by atoms with Crippen LogP contribution in [0.4, 0.5) is 0 Å². The van der Waals surface area contributed by atoms with Crippen LogP contribution in [0.15, 0.2) is 10.5 Å². The van der Waals surface area contributed by atoms with Crippen molar-refractivity contribution in [3.05, 3.63) is 21.7 Å². The number of halogens is 1. The van der Waals surface area contributed by atoms with Gasteiger partial charge in [0, 0.05) is 15.6 Å². The van der Waals surface area contributed by atoms with Crippen LogP contribution >= 0.6 is 15.9 Å². The number of benzene rings is 1. The first kappa shape index (κ1) is 10.4. The van der Waals surface area contributed by atoms with Crippen LogP contribution in [0.2, 0.25) is 0 Å². The number of hydrogen-bond donors (Lipinski definition) is 1. The Morgan fingerprint density at radius 2 is 2.12 bits per heavy atom. The van der Waals surface area contributed by atoms with Crippen LogP contribution in [-0.4, -0.2) is 6.79 Å². The second-order valence-electron chi connectivity index (χ2n) is 4.61. The molecule has 1 saturated carbocycles. The van der Waals surface area contributed by atoms with E-state index < -0.39 is 0 Å². The molecule has 0 aromatic heterocycles. The normalized spacial score (nSPS) is 20.7. The summed E-state index contributed by atoms with van der Waals surface area (Å²) in [5.74, 6) is 1.67. The zero-order valence-corrected chi connectivity index (χ0v) is 10.8. The molecule has 0 atom stereocenters. The van der Waals surface area contributed by atoms with Gasteiger partial charge in [-0.05, 0) is 37.8 Å². The summed E-state index contributed by atoms with van der Waals surface area (Å²) in [6, 6.07) is 2.03. The van der Waals surface area contributed by atoms with Gasteiger partial charge in [0.15, 0.2) is 11.5 Å². The Balaban J connectivity index is 2.16. The lowest BCUT2D eigenvalue weighted by atomic mass is 9.72. The summed E-state index contributed by atoms with van der Waals surface area (Å²) in [7, 11) is 0. The molecular weight excluding hydrogens is 270 g/mol. The quantitative estimate of drug-likeness (QED) is 0.862. The Morgan fingerprint density at radius 1 is 1.38 bits per heavy atom. The standard InChI is InChI=1S/C12H14BrNO2/c1-7-10(13)8(12(14)3-2-4-12)5-9-11(7)16-6-15-9/h5H,2-4,6,14H2,1H3. The third kappa shape index (κ3) is 1.29. The summed E-state index contributed by atoms with van der Waals surface area (Å²) in [5.41, 5.74) is 8.42. The minimum Gasteiger partial charge on any atom is -0.454 e. The van der Waals surface area contributed by atoms with E-state index in [0.717, 1.165) is 39.9 Å². The molecule has 3 nitrogen and oxygen atoms in total. The number of ether oxygens (including phenoxy) is 2. The number of rotatable bonds is 1. The van der Waals surface area contributed by atoms with Crippen molar-refractivity contribution in [2.45, 2.75) is 31.7 Å². The Kier molecular flexibility index (Phi) is 2.20. The van der Waals surface area contributed by atoms with Gasteiger partial charge in [0.1, 0.15) is 0 Å². The smallest absolute Gasteiger partial charge is 0.231 e. The van der Waals surface area contributed by atoms with Crippen LogP contribution in [0.5, 0.6) is 11.5 Å². The van der Waals surface area contributed by atoms with Gasteiger partial charge in [-0.25, -0.2) is 0 Å². The zero-order valence-electron chi connectivity index (χ0n) is 9.18. The fourth-order valence-electron chi connectivity index (χ4n) is 2.37. The van der Waals surface area contributed by atoms with Gasteiger partial charge in [-0.1, -0.05) is 15.9 Å². The molecule has 2 N–H and O–H groups in total. The van der Waals surface area contributed by atoms with Crippen LogP contribution in [0.25, 0.3) is 0 Å². The van der Waals surface area contributed by atoms with Gasteiger partial charge >= 0.3 is 0 Å². The Hall–Kier alpha value is -0.740. The molecule has 1 aromatic rings. The molecule has 1 aliphatic heterocycles. The average molecular weight is 284 g/mol. The van der Waals surface area contributed by atoms with Gasteiger partial charge in [0.2, 0.25) is 6.79 Å². The molecule has 86 valence electrons. The Morgan fingerprint density at radius 3 is 2.75 bits per heavy atom. The molecule has 1 fully saturated rings. The van der Waals surface area contributed by atoms with E-state index in [0.29, 0.717) is 6.79 Å². The summed E-state index contributed by atoms with van der Waals surface area (Å²) in [6.07, 6.45) is 3.30. The maximum absolute atomic E-state index is 6.36. The Labute approximate surface area is 103 Å². The van der Waals surface area contributed by atoms with Crippen LogP contribution in [-0.2, 0) is 5.54 Å². The van der Waals surface area contributed by atoms with Crippen molar-refractivity contribution in [1.82, 2.24) is 0 Å². The van der Waals surface area contributed by atoms with Crippen molar-refractivity contribution in [2.75, 3.05) is 6.79 Å². The number of nitrogens with two attached hydrogens (primary N) is 1. The van der Waals surface area contributed by atoms with E-state index in [9.17, 15) is 0 Å². The molecule has 1 aromatic carbocycles. The molecule has 4 heteroatoms. The molecule has 3 rings (SSSR count). The lowest BCUT2D eigenvalue weighted by Crippen LogP contribution is -2.43. The molecule has 16 heavy (non-hydrogen) atoms. The van der Waals surface area contributed by atoms with Gasteiger partial charge in [0.25, 0.3) is 0 Å². The van der Waals surface area contributed by atoms with Crippen molar-refractivity contribution < 1.29 is 9.47 Å². The number of hydrogen-bond acceptors (Lipinski definition) is 3. The first-order chi connectivity index (χ1) is 7.62. The summed E-state index contributed by atoms with van der Waals surface area (Å²) in [4.78, 5) is 0. The molecule has 1 heterocycles. The Bertz CT molecular complexity index is 455. The molecule has 0 saturated heterocycles. The predicted octanol–water partition coefficient (Wildman–Crippen LogP) is 2.82. The SMILES string of the molecule is Cc1c(Br)c(C2(N)CCC2)cc2c1OCO2. The van der Waals surface area contributed by atoms with Crippen molar-refractivity contribution in [3.63, 3.8) is 0 Å². The van der Waals surface area contributed by atoms with Gasteiger partial charge in [-0.15, -0.1) is 0 Å². The fraction of sp³-hybridized carbons (Fsp3) is 0.500. The highest BCUT2D eigenvalue weighted by Crippen LogP contribution is 2.48. The zero-order chi connectivity index (χ0) is 11.3. The molecule has 0 unspecified atom stereocenters. The highest BCUT2D eigenvalue weighted by atomic mass is 79.9. The van der Waals surface area contributed by atoms with Crippen LogP contribution in [0.3, 0.4) is 0 Å². The van der Waals surface area contributed by atoms with E-state index in [-0.39, 0.29) is 5.54 Å². The van der Waals surface area contributed by atoms with Crippen molar-refractivity contribution in [3.8, 4) is 11.5 Å². The molecule has 1 aliphatic carbocycles. The molecule has 0 radical (unpaired) electrons. The lowest BCUT2D eigenvalue weighted by molar-refractivity contribution is 0.173. The largest absolute Gasteiger partial charge is 0.454 e. The molecule has 0 amide bonds. The summed E-state index contributed by atoms with van der Waals surface area (Å²) < 4.78 is 11.9. The highest BCUT2D eigenvalue weighted by molar-refractivity contribution is 9.10. The van der Waals surface area contributed by atoms with Crippen molar-refractivity contribution >= 4 is 15.9 Å². The fourth-order valence-corrected chi connectivity index (χ4v) is 3.06. The lowest BCUT2D eigenvalue weighted by Gasteiger charge is -2.39. The van der Waals surface area contributed by atoms with E-state index >= 15 is 0 Å². The summed E-state index contributed by atoms with van der Waals surface area (Å²) in [5, 5.41) is 0. The second kappa shape index (κ2) is 3.37. The molecular formula is C12H14BrNO2. The first-order valence-corrected chi connectivity index (χ1v) is 6.29. The summed E-state index contributed by atoms with van der Waals surface area (Å²) >= 11 is 3.63. The summed E-state index contributed by atoms with van der Waals surface area (Å²) in [6.45, 7) is 2.34. The van der Waals surface area contributed by atoms with Crippen LogP contribution < -0.4 is 15.2 Å².